The van der Waals surface area contributed by atoms with E-state index >= 15 is 0 Å². The first-order valence-electron chi connectivity index (χ1n) is 4.73. The van der Waals surface area contributed by atoms with Gasteiger partial charge in [0.05, 0.1) is 0 Å². The molecule has 0 saturated heterocycles. The van der Waals surface area contributed by atoms with Crippen molar-refractivity contribution in [3.8, 4) is 0 Å². The number of unbranched alkanes of at least 4 members (excludes halogenated alkanes) is 1. The highest BCUT2D eigenvalue weighted by Gasteiger charge is 2.35. The molecule has 0 rings (SSSR count). The van der Waals surface area contributed by atoms with E-state index in [9.17, 15) is 14.4 Å². The lowest BCUT2D eigenvalue weighted by molar-refractivity contribution is -0.178. The number of esters is 1. The van der Waals surface area contributed by atoms with E-state index in [1.54, 1.807) is 0 Å². The van der Waals surface area contributed by atoms with Gasteiger partial charge in [0.1, 0.15) is 0 Å². The minimum absolute atomic E-state index is 0.00732. The summed E-state index contributed by atoms with van der Waals surface area (Å²) in [5.74, 6) is -4.29. The number of carboxylic acids is 2. The lowest BCUT2D eigenvalue weighted by Gasteiger charge is -2.16. The lowest BCUT2D eigenvalue weighted by Crippen LogP contribution is -2.42. The predicted molar refractivity (Wildman–Crippen MR) is 50.7 cm³/mol. The van der Waals surface area contributed by atoms with Crippen molar-refractivity contribution in [2.24, 2.45) is 0 Å². The summed E-state index contributed by atoms with van der Waals surface area (Å²) in [6, 6.07) is 0. The normalized spacial score (nSPS) is 13.9. The zero-order valence-electron chi connectivity index (χ0n) is 8.75. The zero-order valence-corrected chi connectivity index (χ0v) is 8.75. The smallest absolute Gasteiger partial charge is 0.348 e. The number of hydrogen-bond acceptors (Lipinski definition) is 5. The van der Waals surface area contributed by atoms with Crippen LogP contribution in [0.1, 0.15) is 26.2 Å². The molecule has 2 atom stereocenters. The molecule has 3 N–H and O–H groups in total. The van der Waals surface area contributed by atoms with Crippen LogP contribution in [-0.4, -0.2) is 45.4 Å². The molecular weight excluding hydrogens is 220 g/mol. The maximum Gasteiger partial charge on any atom is 0.348 e. The molecule has 0 spiro atoms. The fourth-order valence-electron chi connectivity index (χ4n) is 0.901. The molecule has 0 amide bonds. The quantitative estimate of drug-likeness (QED) is 0.513. The molecule has 0 radical (unpaired) electrons. The number of carbonyl (C=O) groups is 3. The molecule has 7 heteroatoms. The summed E-state index contributed by atoms with van der Waals surface area (Å²) in [5.41, 5.74) is 0. The number of aliphatic carboxylic acids is 2. The average Bonchev–Trinajstić information content (AvgIpc) is 2.21. The van der Waals surface area contributed by atoms with E-state index in [-0.39, 0.29) is 6.42 Å². The Labute approximate surface area is 91.6 Å². The van der Waals surface area contributed by atoms with Crippen molar-refractivity contribution in [3.63, 3.8) is 0 Å². The van der Waals surface area contributed by atoms with Gasteiger partial charge in [0.2, 0.25) is 6.10 Å². The van der Waals surface area contributed by atoms with Gasteiger partial charge in [-0.25, -0.2) is 9.59 Å². The molecule has 0 aromatic carbocycles. The average molecular weight is 234 g/mol. The Balaban J connectivity index is 4.40. The molecule has 7 nitrogen and oxygen atoms in total. The van der Waals surface area contributed by atoms with E-state index < -0.39 is 30.1 Å². The van der Waals surface area contributed by atoms with Gasteiger partial charge in [-0.3, -0.25) is 4.79 Å². The van der Waals surface area contributed by atoms with Gasteiger partial charge in [-0.05, 0) is 6.42 Å². The SMILES string of the molecule is CCCCC(=O)OC(C(=O)O)C(O)C(=O)O. The Morgan fingerprint density at radius 2 is 1.75 bits per heavy atom. The standard InChI is InChI=1S/C9H14O7/c1-2-3-4-5(10)16-7(9(14)15)6(11)8(12)13/h6-7,11H,2-4H2,1H3,(H,12,13)(H,14,15). The van der Waals surface area contributed by atoms with E-state index in [1.165, 1.54) is 0 Å². The van der Waals surface area contributed by atoms with Gasteiger partial charge in [-0.15, -0.1) is 0 Å². The highest BCUT2D eigenvalue weighted by molar-refractivity contribution is 5.85. The number of aliphatic hydroxyl groups excluding tert-OH is 1. The summed E-state index contributed by atoms with van der Waals surface area (Å²) in [6.07, 6.45) is -3.11. The van der Waals surface area contributed by atoms with Crippen LogP contribution in [0, 0.1) is 0 Å². The van der Waals surface area contributed by atoms with Crippen LogP contribution < -0.4 is 0 Å². The van der Waals surface area contributed by atoms with Crippen molar-refractivity contribution in [1.29, 1.82) is 0 Å². The van der Waals surface area contributed by atoms with Crippen LogP contribution in [0.2, 0.25) is 0 Å². The van der Waals surface area contributed by atoms with E-state index in [0.29, 0.717) is 12.8 Å². The van der Waals surface area contributed by atoms with Crippen LogP contribution in [0.3, 0.4) is 0 Å². The summed E-state index contributed by atoms with van der Waals surface area (Å²) in [4.78, 5) is 31.9. The molecule has 0 aromatic rings. The first-order valence-corrected chi connectivity index (χ1v) is 4.73. The highest BCUT2D eigenvalue weighted by Crippen LogP contribution is 2.05. The number of aliphatic hydroxyl groups is 1. The maximum atomic E-state index is 11.1. The Bertz CT molecular complexity index is 273. The Hall–Kier alpha value is -1.63. The number of ether oxygens (including phenoxy) is 1. The van der Waals surface area contributed by atoms with E-state index in [2.05, 4.69) is 4.74 Å². The Kier molecular flexibility index (Phi) is 6.09. The summed E-state index contributed by atoms with van der Waals surface area (Å²) >= 11 is 0. The second-order valence-electron chi connectivity index (χ2n) is 3.14. The summed E-state index contributed by atoms with van der Waals surface area (Å²) in [7, 11) is 0. The van der Waals surface area contributed by atoms with E-state index in [4.69, 9.17) is 15.3 Å². The zero-order chi connectivity index (χ0) is 12.7. The molecule has 0 bridgehead atoms. The lowest BCUT2D eigenvalue weighted by atomic mass is 10.2. The van der Waals surface area contributed by atoms with Crippen molar-refractivity contribution < 1.29 is 34.4 Å². The highest BCUT2D eigenvalue weighted by atomic mass is 16.6. The summed E-state index contributed by atoms with van der Waals surface area (Å²) in [5, 5.41) is 25.9. The Morgan fingerprint density at radius 1 is 1.19 bits per heavy atom. The molecule has 0 aliphatic rings. The molecule has 0 aliphatic carbocycles. The van der Waals surface area contributed by atoms with Gasteiger partial charge in [-0.2, -0.15) is 0 Å². The van der Waals surface area contributed by atoms with Gasteiger partial charge in [-0.1, -0.05) is 13.3 Å². The molecule has 0 aliphatic heterocycles. The largest absolute Gasteiger partial charge is 0.479 e. The van der Waals surface area contributed by atoms with Gasteiger partial charge in [0.25, 0.3) is 0 Å². The minimum Gasteiger partial charge on any atom is -0.479 e. The first kappa shape index (κ1) is 14.4. The predicted octanol–water partition coefficient (Wildman–Crippen LogP) is -0.382. The topological polar surface area (TPSA) is 121 Å². The monoisotopic (exact) mass is 234 g/mol. The van der Waals surface area contributed by atoms with Crippen molar-refractivity contribution in [1.82, 2.24) is 0 Å². The first-order chi connectivity index (χ1) is 7.40. The number of carboxylic acid groups (broad SMARTS) is 2. The van der Waals surface area contributed by atoms with Gasteiger partial charge >= 0.3 is 17.9 Å². The third-order valence-corrected chi connectivity index (χ3v) is 1.78. The maximum absolute atomic E-state index is 11.1. The third-order valence-electron chi connectivity index (χ3n) is 1.78. The molecule has 0 fully saturated rings. The second kappa shape index (κ2) is 6.78. The van der Waals surface area contributed by atoms with Crippen LogP contribution in [0.5, 0.6) is 0 Å². The van der Waals surface area contributed by atoms with Crippen LogP contribution in [-0.2, 0) is 19.1 Å². The summed E-state index contributed by atoms with van der Waals surface area (Å²) in [6.45, 7) is 1.83. The van der Waals surface area contributed by atoms with Gasteiger partial charge in [0.15, 0.2) is 6.10 Å². The molecule has 0 aromatic heterocycles. The molecular formula is C9H14O7. The van der Waals surface area contributed by atoms with Crippen molar-refractivity contribution in [2.45, 2.75) is 38.4 Å². The fourth-order valence-corrected chi connectivity index (χ4v) is 0.901. The Morgan fingerprint density at radius 3 is 2.12 bits per heavy atom. The van der Waals surface area contributed by atoms with Crippen LogP contribution in [0.25, 0.3) is 0 Å². The molecule has 92 valence electrons. The van der Waals surface area contributed by atoms with E-state index in [1.807, 2.05) is 6.92 Å². The fraction of sp³-hybridized carbons (Fsp3) is 0.667. The molecule has 0 saturated carbocycles. The van der Waals surface area contributed by atoms with Crippen LogP contribution >= 0.6 is 0 Å². The molecule has 0 heterocycles. The third kappa shape index (κ3) is 4.74. The molecule has 2 unspecified atom stereocenters. The van der Waals surface area contributed by atoms with Crippen LogP contribution in [0.4, 0.5) is 0 Å². The number of rotatable bonds is 7. The summed E-state index contributed by atoms with van der Waals surface area (Å²) < 4.78 is 4.37. The number of carbonyl (C=O) groups excluding carboxylic acids is 1. The van der Waals surface area contributed by atoms with Crippen molar-refractivity contribution >= 4 is 17.9 Å². The minimum atomic E-state index is -2.26. The molecule has 16 heavy (non-hydrogen) atoms. The van der Waals surface area contributed by atoms with Crippen LogP contribution in [0.15, 0.2) is 0 Å². The van der Waals surface area contributed by atoms with Gasteiger partial charge in [0, 0.05) is 6.42 Å². The van der Waals surface area contributed by atoms with E-state index in [0.717, 1.165) is 0 Å². The van der Waals surface area contributed by atoms with Crippen molar-refractivity contribution in [2.75, 3.05) is 0 Å². The van der Waals surface area contributed by atoms with Gasteiger partial charge < -0.3 is 20.1 Å². The number of hydrogen-bond donors (Lipinski definition) is 3. The second-order valence-corrected chi connectivity index (χ2v) is 3.14. The van der Waals surface area contributed by atoms with Crippen molar-refractivity contribution in [3.05, 3.63) is 0 Å².